The second-order valence-electron chi connectivity index (χ2n) is 4.59. The van der Waals surface area contributed by atoms with E-state index in [1.165, 1.54) is 0 Å². The molecule has 0 fully saturated rings. The largest absolute Gasteiger partial charge is 0.343 e. The molecular formula is C13H27N3O2. The molecule has 0 atom stereocenters. The maximum absolute atomic E-state index is 11.7. The van der Waals surface area contributed by atoms with Gasteiger partial charge in [-0.1, -0.05) is 0 Å². The molecule has 18 heavy (non-hydrogen) atoms. The van der Waals surface area contributed by atoms with E-state index in [9.17, 15) is 9.59 Å². The molecule has 0 aliphatic carbocycles. The van der Waals surface area contributed by atoms with Crippen LogP contribution in [0.1, 0.15) is 34.1 Å². The van der Waals surface area contributed by atoms with Crippen LogP contribution in [0.15, 0.2) is 0 Å². The third kappa shape index (κ3) is 6.00. The molecule has 0 aliphatic rings. The average Bonchev–Trinajstić information content (AvgIpc) is 2.34. The lowest BCUT2D eigenvalue weighted by atomic mass is 10.3. The highest BCUT2D eigenvalue weighted by atomic mass is 16.2. The Morgan fingerprint density at radius 3 is 2.11 bits per heavy atom. The van der Waals surface area contributed by atoms with Crippen molar-refractivity contribution in [3.05, 3.63) is 0 Å². The number of hydrogen-bond donors (Lipinski definition) is 1. The fourth-order valence-corrected chi connectivity index (χ4v) is 1.54. The summed E-state index contributed by atoms with van der Waals surface area (Å²) in [5.41, 5.74) is 0. The minimum atomic E-state index is 0.0558. The number of carbonyl (C=O) groups is 2. The standard InChI is InChI=1S/C13H27N3O2/c1-6-16(7-2)12(17)8-9-14-10-13(18)15(5)11(3)4/h11,14H,6-10H2,1-5H3. The normalized spacial score (nSPS) is 10.6. The van der Waals surface area contributed by atoms with Crippen LogP contribution in [0.5, 0.6) is 0 Å². The number of carbonyl (C=O) groups excluding carboxylic acids is 2. The summed E-state index contributed by atoms with van der Waals surface area (Å²) in [6, 6.07) is 0.205. The summed E-state index contributed by atoms with van der Waals surface area (Å²) >= 11 is 0. The van der Waals surface area contributed by atoms with Gasteiger partial charge in [0.25, 0.3) is 0 Å². The van der Waals surface area contributed by atoms with E-state index in [-0.39, 0.29) is 17.9 Å². The number of nitrogens with one attached hydrogen (secondary N) is 1. The molecule has 106 valence electrons. The van der Waals surface area contributed by atoms with Crippen molar-refractivity contribution in [2.45, 2.75) is 40.2 Å². The lowest BCUT2D eigenvalue weighted by Crippen LogP contribution is -2.40. The summed E-state index contributed by atoms with van der Waals surface area (Å²) in [7, 11) is 1.79. The summed E-state index contributed by atoms with van der Waals surface area (Å²) in [4.78, 5) is 26.8. The summed E-state index contributed by atoms with van der Waals surface area (Å²) in [6.07, 6.45) is 0.445. The highest BCUT2D eigenvalue weighted by Crippen LogP contribution is 1.94. The van der Waals surface area contributed by atoms with Crippen molar-refractivity contribution in [1.82, 2.24) is 15.1 Å². The maximum Gasteiger partial charge on any atom is 0.236 e. The molecule has 0 radical (unpaired) electrons. The Morgan fingerprint density at radius 2 is 1.67 bits per heavy atom. The van der Waals surface area contributed by atoms with Crippen molar-refractivity contribution in [2.75, 3.05) is 33.2 Å². The van der Waals surface area contributed by atoms with Crippen molar-refractivity contribution >= 4 is 11.8 Å². The predicted octanol–water partition coefficient (Wildman–Crippen LogP) is 0.701. The lowest BCUT2D eigenvalue weighted by Gasteiger charge is -2.22. The van der Waals surface area contributed by atoms with Crippen molar-refractivity contribution in [3.63, 3.8) is 0 Å². The number of amides is 2. The molecule has 0 aromatic rings. The monoisotopic (exact) mass is 257 g/mol. The lowest BCUT2D eigenvalue weighted by molar-refractivity contribution is -0.132. The number of rotatable bonds is 8. The van der Waals surface area contributed by atoms with E-state index in [4.69, 9.17) is 0 Å². The Morgan fingerprint density at radius 1 is 1.11 bits per heavy atom. The van der Waals surface area contributed by atoms with Crippen LogP contribution < -0.4 is 5.32 Å². The molecule has 0 unspecified atom stereocenters. The predicted molar refractivity (Wildman–Crippen MR) is 73.3 cm³/mol. The van der Waals surface area contributed by atoms with Gasteiger partial charge < -0.3 is 15.1 Å². The van der Waals surface area contributed by atoms with E-state index in [1.54, 1.807) is 16.8 Å². The van der Waals surface area contributed by atoms with Gasteiger partial charge in [0.1, 0.15) is 0 Å². The molecule has 0 saturated carbocycles. The Hall–Kier alpha value is -1.10. The Kier molecular flexibility index (Phi) is 8.37. The Balaban J connectivity index is 3.80. The van der Waals surface area contributed by atoms with Gasteiger partial charge >= 0.3 is 0 Å². The Bertz CT molecular complexity index is 247. The highest BCUT2D eigenvalue weighted by molar-refractivity contribution is 5.78. The minimum Gasteiger partial charge on any atom is -0.343 e. The van der Waals surface area contributed by atoms with Crippen LogP contribution in [0.4, 0.5) is 0 Å². The fraction of sp³-hybridized carbons (Fsp3) is 0.846. The van der Waals surface area contributed by atoms with Crippen molar-refractivity contribution in [3.8, 4) is 0 Å². The van der Waals surface area contributed by atoms with Gasteiger partial charge in [0.15, 0.2) is 0 Å². The first-order valence-electron chi connectivity index (χ1n) is 6.68. The van der Waals surface area contributed by atoms with Crippen LogP contribution in [-0.4, -0.2) is 60.9 Å². The van der Waals surface area contributed by atoms with Gasteiger partial charge in [-0.2, -0.15) is 0 Å². The second-order valence-corrected chi connectivity index (χ2v) is 4.59. The molecule has 0 rings (SSSR count). The first-order chi connectivity index (χ1) is 8.43. The first kappa shape index (κ1) is 16.9. The molecule has 5 heteroatoms. The zero-order valence-electron chi connectivity index (χ0n) is 12.3. The van der Waals surface area contributed by atoms with Crippen LogP contribution in [0, 0.1) is 0 Å². The third-order valence-electron chi connectivity index (χ3n) is 3.08. The molecule has 5 nitrogen and oxygen atoms in total. The van der Waals surface area contributed by atoms with Gasteiger partial charge in [-0.25, -0.2) is 0 Å². The molecule has 0 aromatic heterocycles. The third-order valence-corrected chi connectivity index (χ3v) is 3.08. The van der Waals surface area contributed by atoms with Crippen LogP contribution in [-0.2, 0) is 9.59 Å². The number of hydrogen-bond acceptors (Lipinski definition) is 3. The summed E-state index contributed by atoms with van der Waals surface area (Å²) in [5.74, 6) is 0.192. The smallest absolute Gasteiger partial charge is 0.236 e. The molecule has 0 aliphatic heterocycles. The van der Waals surface area contributed by atoms with E-state index in [0.29, 0.717) is 19.5 Å². The second kappa shape index (κ2) is 8.91. The van der Waals surface area contributed by atoms with Crippen molar-refractivity contribution in [2.24, 2.45) is 0 Å². The summed E-state index contributed by atoms with van der Waals surface area (Å²) in [5, 5.41) is 3.02. The van der Waals surface area contributed by atoms with E-state index in [0.717, 1.165) is 13.1 Å². The zero-order valence-corrected chi connectivity index (χ0v) is 12.3. The van der Waals surface area contributed by atoms with Crippen LogP contribution in [0.3, 0.4) is 0 Å². The van der Waals surface area contributed by atoms with E-state index < -0.39 is 0 Å². The number of nitrogens with zero attached hydrogens (tertiary/aromatic N) is 2. The molecule has 0 spiro atoms. The van der Waals surface area contributed by atoms with Gasteiger partial charge in [-0.3, -0.25) is 9.59 Å². The van der Waals surface area contributed by atoms with Gasteiger partial charge in [0, 0.05) is 39.1 Å². The van der Waals surface area contributed by atoms with E-state index in [2.05, 4.69) is 5.32 Å². The van der Waals surface area contributed by atoms with E-state index in [1.807, 2.05) is 27.7 Å². The fourth-order valence-electron chi connectivity index (χ4n) is 1.54. The SMILES string of the molecule is CCN(CC)C(=O)CCNCC(=O)N(C)C(C)C. The molecule has 0 bridgehead atoms. The summed E-state index contributed by atoms with van der Waals surface area (Å²) in [6.45, 7) is 10.2. The van der Waals surface area contributed by atoms with Gasteiger partial charge in [-0.15, -0.1) is 0 Å². The number of likely N-dealkylation sites (N-methyl/N-ethyl adjacent to an activating group) is 1. The quantitative estimate of drug-likeness (QED) is 0.651. The zero-order chi connectivity index (χ0) is 14.1. The van der Waals surface area contributed by atoms with Crippen molar-refractivity contribution < 1.29 is 9.59 Å². The van der Waals surface area contributed by atoms with Gasteiger partial charge in [0.2, 0.25) is 11.8 Å². The molecule has 2 amide bonds. The van der Waals surface area contributed by atoms with Gasteiger partial charge in [0.05, 0.1) is 6.54 Å². The van der Waals surface area contributed by atoms with Crippen LogP contribution in [0.25, 0.3) is 0 Å². The first-order valence-corrected chi connectivity index (χ1v) is 6.68. The summed E-state index contributed by atoms with van der Waals surface area (Å²) < 4.78 is 0. The van der Waals surface area contributed by atoms with Crippen LogP contribution in [0.2, 0.25) is 0 Å². The van der Waals surface area contributed by atoms with E-state index >= 15 is 0 Å². The molecule has 0 saturated heterocycles. The molecule has 1 N–H and O–H groups in total. The molecule has 0 aromatic carbocycles. The van der Waals surface area contributed by atoms with Crippen molar-refractivity contribution in [1.29, 1.82) is 0 Å². The maximum atomic E-state index is 11.7. The minimum absolute atomic E-state index is 0.0558. The Labute approximate surface area is 111 Å². The average molecular weight is 257 g/mol. The highest BCUT2D eigenvalue weighted by Gasteiger charge is 2.12. The topological polar surface area (TPSA) is 52.7 Å². The molecule has 0 heterocycles. The molecular weight excluding hydrogens is 230 g/mol. The van der Waals surface area contributed by atoms with Gasteiger partial charge in [-0.05, 0) is 27.7 Å². The van der Waals surface area contributed by atoms with Crippen LogP contribution >= 0.6 is 0 Å².